The summed E-state index contributed by atoms with van der Waals surface area (Å²) in [6.45, 7) is 2.56. The van der Waals surface area contributed by atoms with Gasteiger partial charge in [0, 0.05) is 24.4 Å². The van der Waals surface area contributed by atoms with Gasteiger partial charge in [-0.15, -0.1) is 0 Å². The standard InChI is InChI=1S/C19H18ClF3N2O5S2/c1-18(2)11-6-5-9-24-14(11)16(26)17(32(18,29)30)10-7-8-12(20)15(13(10)19(21,22)23)25(3)31(4,27)28/h5-9,26H,1-4H3. The highest BCUT2D eigenvalue weighted by molar-refractivity contribution is 8.01. The van der Waals surface area contributed by atoms with Gasteiger partial charge in [0.25, 0.3) is 0 Å². The van der Waals surface area contributed by atoms with E-state index >= 15 is 0 Å². The summed E-state index contributed by atoms with van der Waals surface area (Å²) in [6, 6.07) is 4.58. The van der Waals surface area contributed by atoms with Crippen LogP contribution in [-0.2, 0) is 30.8 Å². The molecule has 0 amide bonds. The number of hydrogen-bond donors (Lipinski definition) is 1. The molecule has 0 radical (unpaired) electrons. The molecule has 0 saturated heterocycles. The number of aromatic nitrogens is 1. The molecule has 0 unspecified atom stereocenters. The number of sulfone groups is 1. The van der Waals surface area contributed by atoms with Crippen LogP contribution in [0.15, 0.2) is 30.5 Å². The monoisotopic (exact) mass is 510 g/mol. The van der Waals surface area contributed by atoms with Gasteiger partial charge in [-0.25, -0.2) is 16.8 Å². The zero-order valence-corrected chi connectivity index (χ0v) is 19.6. The minimum absolute atomic E-state index is 0.109. The van der Waals surface area contributed by atoms with Crippen LogP contribution in [0.3, 0.4) is 0 Å². The third-order valence-electron chi connectivity index (χ3n) is 5.31. The molecular formula is C19H18ClF3N2O5S2. The number of fused-ring (bicyclic) bond motifs is 1. The van der Waals surface area contributed by atoms with Gasteiger partial charge >= 0.3 is 6.18 Å². The summed E-state index contributed by atoms with van der Waals surface area (Å²) in [4.78, 5) is 2.94. The lowest BCUT2D eigenvalue weighted by molar-refractivity contribution is -0.137. The van der Waals surface area contributed by atoms with Crippen LogP contribution in [0.1, 0.15) is 36.2 Å². The first-order valence-electron chi connectivity index (χ1n) is 8.91. The molecule has 32 heavy (non-hydrogen) atoms. The fourth-order valence-electron chi connectivity index (χ4n) is 3.50. The highest BCUT2D eigenvalue weighted by Crippen LogP contribution is 2.52. The Morgan fingerprint density at radius 3 is 2.31 bits per heavy atom. The molecule has 2 aromatic rings. The van der Waals surface area contributed by atoms with Gasteiger partial charge in [0.15, 0.2) is 15.6 Å². The van der Waals surface area contributed by atoms with Crippen LogP contribution in [-0.4, -0.2) is 40.2 Å². The summed E-state index contributed by atoms with van der Waals surface area (Å²) < 4.78 is 92.3. The van der Waals surface area contributed by atoms with E-state index in [9.17, 15) is 35.1 Å². The third kappa shape index (κ3) is 3.54. The minimum atomic E-state index is -5.23. The molecular weight excluding hydrogens is 493 g/mol. The maximum absolute atomic E-state index is 14.3. The van der Waals surface area contributed by atoms with E-state index in [1.165, 1.54) is 32.2 Å². The molecule has 1 aromatic carbocycles. The van der Waals surface area contributed by atoms with Crippen molar-refractivity contribution in [1.82, 2.24) is 4.98 Å². The Balaban J connectivity index is 2.56. The fourth-order valence-corrected chi connectivity index (χ4v) is 6.13. The number of anilines is 1. The molecule has 1 aliphatic heterocycles. The Hall–Kier alpha value is -2.31. The Labute approximate surface area is 188 Å². The quantitative estimate of drug-likeness (QED) is 0.663. The van der Waals surface area contributed by atoms with E-state index in [1.54, 1.807) is 0 Å². The molecule has 0 atom stereocenters. The van der Waals surface area contributed by atoms with Crippen LogP contribution in [0, 0.1) is 0 Å². The maximum atomic E-state index is 14.3. The fraction of sp³-hybridized carbons (Fsp3) is 0.316. The number of rotatable bonds is 3. The molecule has 7 nitrogen and oxygen atoms in total. The number of hydrogen-bond acceptors (Lipinski definition) is 6. The minimum Gasteiger partial charge on any atom is -0.504 e. The lowest BCUT2D eigenvalue weighted by Gasteiger charge is -2.34. The van der Waals surface area contributed by atoms with E-state index in [0.717, 1.165) is 19.2 Å². The second kappa shape index (κ2) is 7.35. The van der Waals surface area contributed by atoms with Crippen LogP contribution in [0.5, 0.6) is 0 Å². The molecule has 2 heterocycles. The molecule has 1 N–H and O–H groups in total. The first-order chi connectivity index (χ1) is 14.4. The van der Waals surface area contributed by atoms with Gasteiger partial charge in [0.2, 0.25) is 10.0 Å². The molecule has 174 valence electrons. The maximum Gasteiger partial charge on any atom is 0.419 e. The van der Waals surface area contributed by atoms with Crippen molar-refractivity contribution in [3.05, 3.63) is 57.9 Å². The van der Waals surface area contributed by atoms with Crippen molar-refractivity contribution in [2.45, 2.75) is 24.8 Å². The smallest absolute Gasteiger partial charge is 0.419 e. The molecule has 3 rings (SSSR count). The summed E-state index contributed by atoms with van der Waals surface area (Å²) >= 11 is 5.95. The lowest BCUT2D eigenvalue weighted by Crippen LogP contribution is -2.36. The number of pyridine rings is 1. The van der Waals surface area contributed by atoms with Crippen LogP contribution in [0.2, 0.25) is 5.02 Å². The molecule has 0 aliphatic carbocycles. The number of alkyl halides is 3. The van der Waals surface area contributed by atoms with Gasteiger partial charge < -0.3 is 5.11 Å². The van der Waals surface area contributed by atoms with Crippen molar-refractivity contribution < 1.29 is 35.1 Å². The van der Waals surface area contributed by atoms with E-state index in [0.29, 0.717) is 10.6 Å². The zero-order chi connectivity index (χ0) is 24.4. The number of aliphatic hydroxyl groups excluding tert-OH is 1. The number of aliphatic hydroxyl groups is 1. The van der Waals surface area contributed by atoms with Crippen molar-refractivity contribution in [3.8, 4) is 0 Å². The van der Waals surface area contributed by atoms with Crippen LogP contribution in [0.4, 0.5) is 18.9 Å². The zero-order valence-electron chi connectivity index (χ0n) is 17.2. The second-order valence-electron chi connectivity index (χ2n) is 7.64. The highest BCUT2D eigenvalue weighted by atomic mass is 35.5. The summed E-state index contributed by atoms with van der Waals surface area (Å²) in [5.74, 6) is -0.972. The van der Waals surface area contributed by atoms with Crippen LogP contribution < -0.4 is 4.31 Å². The van der Waals surface area contributed by atoms with Crippen molar-refractivity contribution >= 4 is 47.8 Å². The molecule has 13 heteroatoms. The average molecular weight is 511 g/mol. The van der Waals surface area contributed by atoms with Crippen molar-refractivity contribution in [2.75, 3.05) is 17.6 Å². The highest BCUT2D eigenvalue weighted by Gasteiger charge is 2.50. The van der Waals surface area contributed by atoms with E-state index in [1.807, 2.05) is 0 Å². The second-order valence-corrected chi connectivity index (χ2v) is 12.5. The SMILES string of the molecule is CN(c1c(Cl)ccc(C2=C(O)c3ncccc3C(C)(C)S2(=O)=O)c1C(F)(F)F)S(C)(=O)=O. The Morgan fingerprint density at radius 1 is 1.19 bits per heavy atom. The Kier molecular flexibility index (Phi) is 5.59. The normalized spacial score (nSPS) is 17.8. The van der Waals surface area contributed by atoms with Gasteiger partial charge in [0.05, 0.1) is 27.3 Å². The number of benzene rings is 1. The van der Waals surface area contributed by atoms with Crippen molar-refractivity contribution in [2.24, 2.45) is 0 Å². The van der Waals surface area contributed by atoms with E-state index in [4.69, 9.17) is 11.6 Å². The molecule has 0 spiro atoms. The molecule has 0 bridgehead atoms. The lowest BCUT2D eigenvalue weighted by atomic mass is 9.96. The first kappa shape index (κ1) is 24.3. The number of halogens is 4. The molecule has 1 aliphatic rings. The van der Waals surface area contributed by atoms with E-state index < -0.39 is 63.3 Å². The van der Waals surface area contributed by atoms with Gasteiger partial charge in [-0.3, -0.25) is 9.29 Å². The summed E-state index contributed by atoms with van der Waals surface area (Å²) in [6.07, 6.45) is -3.30. The van der Waals surface area contributed by atoms with Gasteiger partial charge in [0.1, 0.15) is 10.6 Å². The predicted octanol–water partition coefficient (Wildman–Crippen LogP) is 4.20. The van der Waals surface area contributed by atoms with Crippen LogP contribution in [0.25, 0.3) is 10.7 Å². The van der Waals surface area contributed by atoms with Crippen molar-refractivity contribution in [1.29, 1.82) is 0 Å². The predicted molar refractivity (Wildman–Crippen MR) is 115 cm³/mol. The van der Waals surface area contributed by atoms with Crippen LogP contribution >= 0.6 is 11.6 Å². The Morgan fingerprint density at radius 2 is 1.78 bits per heavy atom. The summed E-state index contributed by atoms with van der Waals surface area (Å²) in [5.41, 5.74) is -3.59. The molecule has 1 aromatic heterocycles. The molecule has 0 saturated carbocycles. The van der Waals surface area contributed by atoms with Gasteiger partial charge in [-0.05, 0) is 26.0 Å². The first-order valence-corrected chi connectivity index (χ1v) is 12.6. The Bertz CT molecular complexity index is 1370. The third-order valence-corrected chi connectivity index (χ3v) is 9.30. The topological polar surface area (TPSA) is 105 Å². The summed E-state index contributed by atoms with van der Waals surface area (Å²) in [5, 5.41) is 10.2. The number of nitrogens with zero attached hydrogens (tertiary/aromatic N) is 2. The van der Waals surface area contributed by atoms with Gasteiger partial charge in [-0.2, -0.15) is 13.2 Å². The molecule has 0 fully saturated rings. The summed E-state index contributed by atoms with van der Waals surface area (Å²) in [7, 11) is -7.97. The average Bonchev–Trinajstić information content (AvgIpc) is 2.65. The van der Waals surface area contributed by atoms with Crippen molar-refractivity contribution in [3.63, 3.8) is 0 Å². The number of sulfonamides is 1. The van der Waals surface area contributed by atoms with E-state index in [2.05, 4.69) is 4.98 Å². The van der Waals surface area contributed by atoms with E-state index in [-0.39, 0.29) is 11.3 Å². The van der Waals surface area contributed by atoms with Gasteiger partial charge in [-0.1, -0.05) is 23.7 Å². The largest absolute Gasteiger partial charge is 0.504 e.